The SMILES string of the molecule is Cc1cc2c3c(c1)N(c1ccc4c(c1)c1ccccc1n4-c1ccccc1)c1c(sc4cc5c(cc14)CC(C)(C)C5)B3c1sc3cc4c(cc3c1N2c1ccccc1)CC(C)(C)C4. The molecule has 3 aromatic heterocycles. The Morgan fingerprint density at radius 1 is 0.460 bits per heavy atom. The Morgan fingerprint density at radius 3 is 1.54 bits per heavy atom. The van der Waals surface area contributed by atoms with E-state index in [0.29, 0.717) is 0 Å². The highest BCUT2D eigenvalue weighted by Gasteiger charge is 2.48. The second-order valence-corrected chi connectivity index (χ2v) is 22.6. The maximum Gasteiger partial charge on any atom is 0.277 e. The molecule has 63 heavy (non-hydrogen) atoms. The van der Waals surface area contributed by atoms with Gasteiger partial charge in [-0.05, 0) is 162 Å². The third-order valence-corrected chi connectivity index (χ3v) is 17.1. The van der Waals surface area contributed by atoms with Crippen molar-refractivity contribution in [2.45, 2.75) is 60.3 Å². The number of para-hydroxylation sites is 3. The number of hydrogen-bond acceptors (Lipinski definition) is 4. The highest BCUT2D eigenvalue weighted by atomic mass is 32.1. The Bertz CT molecular complexity index is 3610. The average Bonchev–Trinajstić information content (AvgIpc) is 4.06. The molecule has 4 aliphatic rings. The monoisotopic (exact) mass is 847 g/mol. The molecule has 0 saturated heterocycles. The van der Waals surface area contributed by atoms with Crippen LogP contribution < -0.4 is 24.8 Å². The number of nitrogens with zero attached hydrogens (tertiary/aromatic N) is 3. The number of hydrogen-bond donors (Lipinski definition) is 0. The zero-order valence-electron chi connectivity index (χ0n) is 36.3. The predicted octanol–water partition coefficient (Wildman–Crippen LogP) is 13.9. The molecule has 0 saturated carbocycles. The lowest BCUT2D eigenvalue weighted by Crippen LogP contribution is -2.59. The first-order valence-electron chi connectivity index (χ1n) is 22.6. The molecule has 0 radical (unpaired) electrons. The molecule has 2 aliphatic heterocycles. The molecular formula is C57H46BN3S2. The normalized spacial score (nSPS) is 16.6. The summed E-state index contributed by atoms with van der Waals surface area (Å²) < 4.78 is 8.19. The van der Waals surface area contributed by atoms with Crippen molar-refractivity contribution >= 4 is 121 Å². The van der Waals surface area contributed by atoms with Crippen molar-refractivity contribution in [1.82, 2.24) is 4.57 Å². The maximum absolute atomic E-state index is 2.68. The standard InChI is InChI=1S/C57H46BN3S2/c1-33-22-47-51-48(23-33)61(40-20-21-46-42(28-40)41-18-12-13-19-45(41)59(46)38-14-8-6-9-15-38)53-44-25-35-30-57(4,5)32-37(35)27-50(44)63-55(53)58(51)54-52(60(47)39-16-10-7-11-17-39)43-24-34-29-56(2,3)31-36(34)26-49(43)62-54/h6-28H,29-32H2,1-5H3. The molecule has 0 unspecified atom stereocenters. The molecule has 6 heteroatoms. The first-order chi connectivity index (χ1) is 30.6. The first kappa shape index (κ1) is 36.4. The van der Waals surface area contributed by atoms with E-state index in [1.54, 1.807) is 0 Å². The minimum absolute atomic E-state index is 0.118. The van der Waals surface area contributed by atoms with E-state index in [-0.39, 0.29) is 17.5 Å². The minimum Gasteiger partial charge on any atom is -0.310 e. The molecular weight excluding hydrogens is 802 g/mol. The van der Waals surface area contributed by atoms with E-state index in [0.717, 1.165) is 25.7 Å². The third-order valence-electron chi connectivity index (χ3n) is 14.7. The van der Waals surface area contributed by atoms with Gasteiger partial charge in [-0.25, -0.2) is 0 Å². The first-order valence-corrected chi connectivity index (χ1v) is 24.3. The predicted molar refractivity (Wildman–Crippen MR) is 273 cm³/mol. The van der Waals surface area contributed by atoms with Crippen LogP contribution in [0.2, 0.25) is 0 Å². The van der Waals surface area contributed by atoms with Gasteiger partial charge in [0.05, 0.1) is 22.4 Å². The molecule has 0 atom stereocenters. The van der Waals surface area contributed by atoms with E-state index >= 15 is 0 Å². The summed E-state index contributed by atoms with van der Waals surface area (Å²) in [6, 6.07) is 53.5. The zero-order chi connectivity index (χ0) is 42.1. The van der Waals surface area contributed by atoms with Crippen LogP contribution >= 0.6 is 22.7 Å². The summed E-state index contributed by atoms with van der Waals surface area (Å²) in [4.78, 5) is 5.31. The summed E-state index contributed by atoms with van der Waals surface area (Å²) in [5.74, 6) is 0. The molecule has 14 rings (SSSR count). The highest BCUT2D eigenvalue weighted by molar-refractivity contribution is 7.40. The maximum atomic E-state index is 2.68. The number of anilines is 6. The van der Waals surface area contributed by atoms with Crippen LogP contribution in [0.15, 0.2) is 140 Å². The summed E-state index contributed by atoms with van der Waals surface area (Å²) in [5, 5.41) is 5.33. The molecule has 7 aromatic carbocycles. The second kappa shape index (κ2) is 12.6. The van der Waals surface area contributed by atoms with Gasteiger partial charge in [-0.3, -0.25) is 0 Å². The summed E-state index contributed by atoms with van der Waals surface area (Å²) in [5.41, 5.74) is 20.7. The van der Waals surface area contributed by atoms with Gasteiger partial charge in [-0.2, -0.15) is 0 Å². The van der Waals surface area contributed by atoms with Crippen molar-refractivity contribution in [1.29, 1.82) is 0 Å². The van der Waals surface area contributed by atoms with Crippen LogP contribution in [0.4, 0.5) is 34.1 Å². The molecule has 0 bridgehead atoms. The number of aryl methyl sites for hydroxylation is 1. The van der Waals surface area contributed by atoms with Crippen LogP contribution in [0.3, 0.4) is 0 Å². The number of rotatable bonds is 3. The molecule has 0 N–H and O–H groups in total. The molecule has 5 heterocycles. The number of thiophene rings is 2. The number of fused-ring (bicyclic) bond motifs is 13. The van der Waals surface area contributed by atoms with Gasteiger partial charge in [-0.15, -0.1) is 22.7 Å². The van der Waals surface area contributed by atoms with E-state index in [9.17, 15) is 0 Å². The Kier molecular flexibility index (Phi) is 7.26. The van der Waals surface area contributed by atoms with Gasteiger partial charge < -0.3 is 14.4 Å². The Balaban J connectivity index is 1.08. The lowest BCUT2D eigenvalue weighted by atomic mass is 9.39. The van der Waals surface area contributed by atoms with Crippen molar-refractivity contribution in [3.63, 3.8) is 0 Å². The van der Waals surface area contributed by atoms with Crippen LogP contribution in [0, 0.1) is 17.8 Å². The largest absolute Gasteiger partial charge is 0.310 e. The van der Waals surface area contributed by atoms with Gasteiger partial charge in [0.2, 0.25) is 0 Å². The Labute approximate surface area is 376 Å². The summed E-state index contributed by atoms with van der Waals surface area (Å²) in [6.45, 7) is 12.2. The van der Waals surface area contributed by atoms with Crippen LogP contribution in [-0.4, -0.2) is 11.3 Å². The fourth-order valence-electron chi connectivity index (χ4n) is 12.3. The second-order valence-electron chi connectivity index (χ2n) is 20.4. The smallest absolute Gasteiger partial charge is 0.277 e. The van der Waals surface area contributed by atoms with Gasteiger partial charge >= 0.3 is 0 Å². The van der Waals surface area contributed by atoms with Crippen LogP contribution in [0.1, 0.15) is 55.5 Å². The van der Waals surface area contributed by atoms with Gasteiger partial charge in [0.25, 0.3) is 6.71 Å². The Hall–Kier alpha value is -6.08. The van der Waals surface area contributed by atoms with Crippen molar-refractivity contribution in [2.75, 3.05) is 9.80 Å². The van der Waals surface area contributed by atoms with Gasteiger partial charge in [-0.1, -0.05) is 82.3 Å². The average molecular weight is 848 g/mol. The quantitative estimate of drug-likeness (QED) is 0.164. The molecule has 0 amide bonds. The van der Waals surface area contributed by atoms with E-state index in [4.69, 9.17) is 0 Å². The van der Waals surface area contributed by atoms with Gasteiger partial charge in [0.1, 0.15) is 0 Å². The fourth-order valence-corrected chi connectivity index (χ4v) is 15.1. The third kappa shape index (κ3) is 5.14. The lowest BCUT2D eigenvalue weighted by molar-refractivity contribution is 0.392. The van der Waals surface area contributed by atoms with Crippen LogP contribution in [-0.2, 0) is 25.7 Å². The minimum atomic E-state index is 0.118. The summed E-state index contributed by atoms with van der Waals surface area (Å²) in [7, 11) is 0. The Morgan fingerprint density at radius 2 is 0.952 bits per heavy atom. The van der Waals surface area contributed by atoms with Crippen LogP contribution in [0.5, 0.6) is 0 Å². The van der Waals surface area contributed by atoms with Crippen LogP contribution in [0.25, 0.3) is 47.7 Å². The molecule has 304 valence electrons. The molecule has 3 nitrogen and oxygen atoms in total. The topological polar surface area (TPSA) is 11.4 Å². The molecule has 0 fully saturated rings. The van der Waals surface area contributed by atoms with Gasteiger partial charge in [0, 0.05) is 68.9 Å². The molecule has 2 aliphatic carbocycles. The number of benzene rings is 7. The lowest BCUT2D eigenvalue weighted by Gasteiger charge is -2.42. The van der Waals surface area contributed by atoms with E-state index in [1.165, 1.54) is 125 Å². The highest BCUT2D eigenvalue weighted by Crippen LogP contribution is 2.53. The van der Waals surface area contributed by atoms with Gasteiger partial charge in [0.15, 0.2) is 0 Å². The van der Waals surface area contributed by atoms with E-state index in [2.05, 4.69) is 189 Å². The molecule has 10 aromatic rings. The molecule has 0 spiro atoms. The van der Waals surface area contributed by atoms with E-state index in [1.807, 2.05) is 22.7 Å². The van der Waals surface area contributed by atoms with Crippen molar-refractivity contribution < 1.29 is 0 Å². The van der Waals surface area contributed by atoms with Crippen molar-refractivity contribution in [3.8, 4) is 5.69 Å². The van der Waals surface area contributed by atoms with E-state index < -0.39 is 0 Å². The van der Waals surface area contributed by atoms with Crippen molar-refractivity contribution in [3.05, 3.63) is 167 Å². The van der Waals surface area contributed by atoms with Crippen molar-refractivity contribution in [2.24, 2.45) is 10.8 Å². The number of aromatic nitrogens is 1. The fraction of sp³-hybridized carbons (Fsp3) is 0.193. The summed E-state index contributed by atoms with van der Waals surface area (Å²) >= 11 is 4.10. The summed E-state index contributed by atoms with van der Waals surface area (Å²) in [6.07, 6.45) is 4.52. The zero-order valence-corrected chi connectivity index (χ0v) is 38.0.